The average molecular weight is 381 g/mol. The number of anilines is 1. The van der Waals surface area contributed by atoms with Crippen LogP contribution in [0.3, 0.4) is 0 Å². The summed E-state index contributed by atoms with van der Waals surface area (Å²) in [6.07, 6.45) is -2.08. The molecule has 2 aromatic rings. The number of hydrogen-bond acceptors (Lipinski definition) is 4. The average Bonchev–Trinajstić information content (AvgIpc) is 2.59. The zero-order valence-electron chi connectivity index (χ0n) is 15.8. The summed E-state index contributed by atoms with van der Waals surface area (Å²) in [5, 5.41) is 13.5. The number of nitrogens with zero attached hydrogens (tertiary/aromatic N) is 2. The van der Waals surface area contributed by atoms with E-state index < -0.39 is 17.3 Å². The molecule has 1 aromatic carbocycles. The van der Waals surface area contributed by atoms with Crippen LogP contribution in [0, 0.1) is 5.92 Å². The highest BCUT2D eigenvalue weighted by molar-refractivity contribution is 5.94. The van der Waals surface area contributed by atoms with Crippen LogP contribution in [0.15, 0.2) is 30.5 Å². The molecule has 1 aromatic heterocycles. The number of nitrogens with one attached hydrogen (secondary N) is 1. The Bertz CT molecular complexity index is 807. The molecule has 1 aliphatic heterocycles. The third-order valence-corrected chi connectivity index (χ3v) is 5.04. The van der Waals surface area contributed by atoms with Gasteiger partial charge < -0.3 is 15.3 Å². The van der Waals surface area contributed by atoms with Gasteiger partial charge in [0.2, 0.25) is 0 Å². The van der Waals surface area contributed by atoms with Gasteiger partial charge in [0, 0.05) is 41.9 Å². The first-order valence-corrected chi connectivity index (χ1v) is 9.19. The minimum absolute atomic E-state index is 0.0130. The number of aliphatic hydroxyl groups is 1. The second kappa shape index (κ2) is 7.28. The Kier molecular flexibility index (Phi) is 5.36. The van der Waals surface area contributed by atoms with Crippen molar-refractivity contribution in [2.75, 3.05) is 24.6 Å². The molecule has 2 unspecified atom stereocenters. The first-order valence-electron chi connectivity index (χ1n) is 9.19. The van der Waals surface area contributed by atoms with Crippen molar-refractivity contribution >= 4 is 16.6 Å². The van der Waals surface area contributed by atoms with Crippen molar-refractivity contribution in [1.29, 1.82) is 0 Å². The SMILES string of the molecule is CC1CC(NC(C)(C)CO)CN(c2ccc(C(F)(F)F)c3ncccc23)C1. The number of aliphatic hydroxyl groups excluding tert-OH is 1. The molecule has 0 spiro atoms. The monoisotopic (exact) mass is 381 g/mol. The molecule has 2 heterocycles. The fraction of sp³-hybridized carbons (Fsp3) is 0.550. The summed E-state index contributed by atoms with van der Waals surface area (Å²) in [4.78, 5) is 6.15. The van der Waals surface area contributed by atoms with Crippen LogP contribution in [0.25, 0.3) is 10.9 Å². The Hall–Kier alpha value is -1.86. The van der Waals surface area contributed by atoms with Gasteiger partial charge in [-0.2, -0.15) is 13.2 Å². The van der Waals surface area contributed by atoms with Gasteiger partial charge in [-0.3, -0.25) is 4.98 Å². The van der Waals surface area contributed by atoms with Gasteiger partial charge in [0.1, 0.15) is 0 Å². The van der Waals surface area contributed by atoms with E-state index in [0.29, 0.717) is 17.8 Å². The molecule has 1 aliphatic rings. The van der Waals surface area contributed by atoms with Crippen LogP contribution in [-0.4, -0.2) is 41.4 Å². The van der Waals surface area contributed by atoms with Gasteiger partial charge in [0.15, 0.2) is 0 Å². The Labute approximate surface area is 157 Å². The number of rotatable bonds is 4. The van der Waals surface area contributed by atoms with Crippen molar-refractivity contribution in [2.24, 2.45) is 5.92 Å². The second-order valence-electron chi connectivity index (χ2n) is 8.16. The maximum Gasteiger partial charge on any atom is 0.418 e. The first kappa shape index (κ1) is 19.9. The van der Waals surface area contributed by atoms with E-state index in [1.807, 2.05) is 13.8 Å². The van der Waals surface area contributed by atoms with Gasteiger partial charge in [-0.05, 0) is 50.5 Å². The second-order valence-corrected chi connectivity index (χ2v) is 8.16. The molecule has 1 saturated heterocycles. The fourth-order valence-corrected chi connectivity index (χ4v) is 3.91. The lowest BCUT2D eigenvalue weighted by Gasteiger charge is -2.41. The van der Waals surface area contributed by atoms with E-state index in [2.05, 4.69) is 22.1 Å². The molecule has 1 fully saturated rings. The van der Waals surface area contributed by atoms with Crippen LogP contribution in [0.4, 0.5) is 18.9 Å². The zero-order valence-corrected chi connectivity index (χ0v) is 15.8. The Balaban J connectivity index is 1.97. The molecule has 7 heteroatoms. The van der Waals surface area contributed by atoms with Gasteiger partial charge in [-0.15, -0.1) is 0 Å². The molecule has 2 atom stereocenters. The van der Waals surface area contributed by atoms with Gasteiger partial charge >= 0.3 is 6.18 Å². The van der Waals surface area contributed by atoms with E-state index in [1.54, 1.807) is 18.2 Å². The van der Waals surface area contributed by atoms with E-state index in [1.165, 1.54) is 6.20 Å². The molecule has 3 rings (SSSR count). The molecule has 0 aliphatic carbocycles. The van der Waals surface area contributed by atoms with Crippen LogP contribution >= 0.6 is 0 Å². The van der Waals surface area contributed by atoms with Gasteiger partial charge in [-0.25, -0.2) is 0 Å². The number of alkyl halides is 3. The van der Waals surface area contributed by atoms with E-state index in [0.717, 1.165) is 24.7 Å². The van der Waals surface area contributed by atoms with Crippen LogP contribution in [0.1, 0.15) is 32.8 Å². The third-order valence-electron chi connectivity index (χ3n) is 5.04. The summed E-state index contributed by atoms with van der Waals surface area (Å²) in [5.41, 5.74) is -0.355. The standard InChI is InChI=1S/C20H26F3N3O/c1-13-9-14(25-19(2,3)12-27)11-26(10-13)17-7-6-16(20(21,22)23)18-15(17)5-4-8-24-18/h4-8,13-14,25,27H,9-12H2,1-3H3. The number of pyridine rings is 1. The zero-order chi connectivity index (χ0) is 19.8. The van der Waals surface area contributed by atoms with Crippen LogP contribution in [0.5, 0.6) is 0 Å². The maximum absolute atomic E-state index is 13.4. The van der Waals surface area contributed by atoms with Crippen molar-refractivity contribution in [3.8, 4) is 0 Å². The number of fused-ring (bicyclic) bond motifs is 1. The molecule has 0 saturated carbocycles. The lowest BCUT2D eigenvalue weighted by Crippen LogP contribution is -2.56. The quantitative estimate of drug-likeness (QED) is 0.845. The molecular weight excluding hydrogens is 355 g/mol. The largest absolute Gasteiger partial charge is 0.418 e. The van der Waals surface area contributed by atoms with E-state index in [4.69, 9.17) is 0 Å². The molecule has 148 valence electrons. The van der Waals surface area contributed by atoms with E-state index >= 15 is 0 Å². The lowest BCUT2D eigenvalue weighted by molar-refractivity contribution is -0.136. The van der Waals surface area contributed by atoms with Crippen LogP contribution in [-0.2, 0) is 6.18 Å². The Morgan fingerprint density at radius 2 is 1.96 bits per heavy atom. The summed E-state index contributed by atoms with van der Waals surface area (Å²) in [7, 11) is 0. The predicted octanol–water partition coefficient (Wildman–Crippen LogP) is 3.83. The highest BCUT2D eigenvalue weighted by Crippen LogP contribution is 2.38. The molecule has 0 radical (unpaired) electrons. The van der Waals surface area contributed by atoms with Crippen LogP contribution in [0.2, 0.25) is 0 Å². The molecule has 0 bridgehead atoms. The topological polar surface area (TPSA) is 48.4 Å². The van der Waals surface area contributed by atoms with Gasteiger partial charge in [0.25, 0.3) is 0 Å². The predicted molar refractivity (Wildman–Crippen MR) is 101 cm³/mol. The summed E-state index contributed by atoms with van der Waals surface area (Å²) in [6.45, 7) is 7.47. The normalized spacial score (nSPS) is 21.7. The first-order chi connectivity index (χ1) is 12.6. The lowest BCUT2D eigenvalue weighted by atomic mass is 9.92. The highest BCUT2D eigenvalue weighted by Gasteiger charge is 2.35. The molecule has 0 amide bonds. The number of hydrogen-bond donors (Lipinski definition) is 2. The van der Waals surface area contributed by atoms with E-state index in [9.17, 15) is 18.3 Å². The van der Waals surface area contributed by atoms with Crippen molar-refractivity contribution in [1.82, 2.24) is 10.3 Å². The highest BCUT2D eigenvalue weighted by atomic mass is 19.4. The van der Waals surface area contributed by atoms with Crippen LogP contribution < -0.4 is 10.2 Å². The molecule has 2 N–H and O–H groups in total. The maximum atomic E-state index is 13.4. The van der Waals surface area contributed by atoms with Gasteiger partial charge in [-0.1, -0.05) is 6.92 Å². The van der Waals surface area contributed by atoms with Crippen molar-refractivity contribution in [3.63, 3.8) is 0 Å². The molecule has 4 nitrogen and oxygen atoms in total. The minimum atomic E-state index is -4.43. The summed E-state index contributed by atoms with van der Waals surface area (Å²) in [5.74, 6) is 0.375. The Morgan fingerprint density at radius 1 is 1.22 bits per heavy atom. The summed E-state index contributed by atoms with van der Waals surface area (Å²) >= 11 is 0. The van der Waals surface area contributed by atoms with Gasteiger partial charge in [0.05, 0.1) is 17.7 Å². The summed E-state index contributed by atoms with van der Waals surface area (Å²) in [6, 6.07) is 6.20. The van der Waals surface area contributed by atoms with Crippen molar-refractivity contribution < 1.29 is 18.3 Å². The fourth-order valence-electron chi connectivity index (χ4n) is 3.91. The third kappa shape index (κ3) is 4.35. The van der Waals surface area contributed by atoms with E-state index in [-0.39, 0.29) is 18.2 Å². The number of piperidine rings is 1. The summed E-state index contributed by atoms with van der Waals surface area (Å²) < 4.78 is 40.1. The smallest absolute Gasteiger partial charge is 0.394 e. The molecular formula is C20H26F3N3O. The van der Waals surface area contributed by atoms with Crippen molar-refractivity contribution in [2.45, 2.75) is 44.9 Å². The number of benzene rings is 1. The van der Waals surface area contributed by atoms with Crippen molar-refractivity contribution in [3.05, 3.63) is 36.0 Å². The Morgan fingerprint density at radius 3 is 2.63 bits per heavy atom. The minimum Gasteiger partial charge on any atom is -0.394 e. The number of aromatic nitrogens is 1. The molecule has 27 heavy (non-hydrogen) atoms. The number of halogens is 3.